The van der Waals surface area contributed by atoms with Crippen LogP contribution in [0.3, 0.4) is 0 Å². The number of aryl methyl sites for hydroxylation is 1. The molecule has 1 aromatic heterocycles. The molecule has 2 heterocycles. The van der Waals surface area contributed by atoms with Gasteiger partial charge in [0.2, 0.25) is 5.91 Å². The van der Waals surface area contributed by atoms with Gasteiger partial charge in [0.05, 0.1) is 11.7 Å². The van der Waals surface area contributed by atoms with Gasteiger partial charge in [-0.2, -0.15) is 5.10 Å². The zero-order valence-corrected chi connectivity index (χ0v) is 14.3. The largest absolute Gasteiger partial charge is 0.330 e. The third-order valence-corrected chi connectivity index (χ3v) is 5.44. The lowest BCUT2D eigenvalue weighted by Gasteiger charge is -2.30. The molecule has 3 rings (SSSR count). The van der Waals surface area contributed by atoms with Crippen molar-refractivity contribution in [1.82, 2.24) is 14.7 Å². The number of nitrogens with two attached hydrogens (primary N) is 1. The van der Waals surface area contributed by atoms with Crippen molar-refractivity contribution in [2.75, 3.05) is 32.0 Å². The van der Waals surface area contributed by atoms with Crippen LogP contribution in [0, 0.1) is 18.8 Å². The zero-order chi connectivity index (χ0) is 16.4. The standard InChI is InChI=1S/C17H29N5O/c1-12-10-16(19-17(23)15-5-3-4-13(15)11-18)22(20-12)14-6-8-21(2)9-7-14/h10,13-15H,3-9,11,18H2,1-2H3,(H,19,23)/t13-,15-/m1/s1. The minimum atomic E-state index is 0.0566. The molecular formula is C17H29N5O. The van der Waals surface area contributed by atoms with Crippen LogP contribution in [0.25, 0.3) is 0 Å². The second kappa shape index (κ2) is 7.01. The van der Waals surface area contributed by atoms with Crippen LogP contribution in [-0.2, 0) is 4.79 Å². The molecule has 3 N–H and O–H groups in total. The second-order valence-electron chi connectivity index (χ2n) is 7.17. The normalized spacial score (nSPS) is 26.6. The Morgan fingerprint density at radius 1 is 1.35 bits per heavy atom. The highest BCUT2D eigenvalue weighted by Crippen LogP contribution is 2.32. The summed E-state index contributed by atoms with van der Waals surface area (Å²) in [7, 11) is 2.15. The number of aromatic nitrogens is 2. The molecule has 1 aliphatic heterocycles. The number of hydrogen-bond acceptors (Lipinski definition) is 4. The Morgan fingerprint density at radius 3 is 2.78 bits per heavy atom. The lowest BCUT2D eigenvalue weighted by molar-refractivity contribution is -0.120. The van der Waals surface area contributed by atoms with E-state index in [-0.39, 0.29) is 11.8 Å². The number of carbonyl (C=O) groups excluding carboxylic acids is 1. The maximum atomic E-state index is 12.7. The number of piperidine rings is 1. The van der Waals surface area contributed by atoms with E-state index in [1.165, 1.54) is 0 Å². The molecule has 1 saturated carbocycles. The SMILES string of the molecule is Cc1cc(NC(=O)[C@@H]2CCC[C@@H]2CN)n(C2CCN(C)CC2)n1. The second-order valence-corrected chi connectivity index (χ2v) is 7.17. The van der Waals surface area contributed by atoms with Crippen molar-refractivity contribution >= 4 is 11.7 Å². The van der Waals surface area contributed by atoms with Gasteiger partial charge >= 0.3 is 0 Å². The van der Waals surface area contributed by atoms with Gasteiger partial charge in [0.15, 0.2) is 0 Å². The number of carbonyl (C=O) groups is 1. The topological polar surface area (TPSA) is 76.2 Å². The molecule has 128 valence electrons. The van der Waals surface area contributed by atoms with E-state index in [0.717, 1.165) is 56.7 Å². The van der Waals surface area contributed by atoms with Crippen molar-refractivity contribution in [3.63, 3.8) is 0 Å². The Labute approximate surface area is 138 Å². The third-order valence-electron chi connectivity index (χ3n) is 5.44. The van der Waals surface area contributed by atoms with Crippen LogP contribution in [-0.4, -0.2) is 47.3 Å². The van der Waals surface area contributed by atoms with Gasteiger partial charge in [-0.25, -0.2) is 4.68 Å². The molecule has 0 spiro atoms. The highest BCUT2D eigenvalue weighted by Gasteiger charge is 2.32. The van der Waals surface area contributed by atoms with Crippen molar-refractivity contribution in [2.24, 2.45) is 17.6 Å². The van der Waals surface area contributed by atoms with Gasteiger partial charge in [0.1, 0.15) is 5.82 Å². The molecule has 1 saturated heterocycles. The van der Waals surface area contributed by atoms with Crippen LogP contribution >= 0.6 is 0 Å². The smallest absolute Gasteiger partial charge is 0.228 e. The Balaban J connectivity index is 1.71. The minimum Gasteiger partial charge on any atom is -0.330 e. The van der Waals surface area contributed by atoms with E-state index in [1.807, 2.05) is 17.7 Å². The van der Waals surface area contributed by atoms with Crippen molar-refractivity contribution in [2.45, 2.75) is 45.1 Å². The van der Waals surface area contributed by atoms with E-state index in [4.69, 9.17) is 5.73 Å². The summed E-state index contributed by atoms with van der Waals surface area (Å²) < 4.78 is 2.03. The quantitative estimate of drug-likeness (QED) is 0.887. The average Bonchev–Trinajstić information content (AvgIpc) is 3.14. The minimum absolute atomic E-state index is 0.0566. The van der Waals surface area contributed by atoms with Crippen molar-refractivity contribution < 1.29 is 4.79 Å². The van der Waals surface area contributed by atoms with E-state index in [2.05, 4.69) is 22.4 Å². The van der Waals surface area contributed by atoms with Crippen LogP contribution in [0.15, 0.2) is 6.07 Å². The van der Waals surface area contributed by atoms with Gasteiger partial charge in [-0.1, -0.05) is 6.42 Å². The Morgan fingerprint density at radius 2 is 2.09 bits per heavy atom. The Bertz CT molecular complexity index is 547. The molecule has 23 heavy (non-hydrogen) atoms. The molecule has 6 nitrogen and oxygen atoms in total. The summed E-state index contributed by atoms with van der Waals surface area (Å²) in [5.41, 5.74) is 6.78. The first kappa shape index (κ1) is 16.5. The fraction of sp³-hybridized carbons (Fsp3) is 0.765. The summed E-state index contributed by atoms with van der Waals surface area (Å²) in [5.74, 6) is 1.36. The summed E-state index contributed by atoms with van der Waals surface area (Å²) in [6.07, 6.45) is 5.29. The number of nitrogens with zero attached hydrogens (tertiary/aromatic N) is 3. The summed E-state index contributed by atoms with van der Waals surface area (Å²) in [6, 6.07) is 2.37. The molecule has 1 aromatic rings. The predicted molar refractivity (Wildman–Crippen MR) is 91.2 cm³/mol. The lowest BCUT2D eigenvalue weighted by Crippen LogP contribution is -2.34. The molecule has 2 atom stereocenters. The van der Waals surface area contributed by atoms with E-state index in [9.17, 15) is 4.79 Å². The maximum absolute atomic E-state index is 12.7. The van der Waals surface area contributed by atoms with Gasteiger partial charge in [0.25, 0.3) is 0 Å². The van der Waals surface area contributed by atoms with Crippen LogP contribution in [0.1, 0.15) is 43.8 Å². The zero-order valence-electron chi connectivity index (χ0n) is 14.3. The molecule has 6 heteroatoms. The van der Waals surface area contributed by atoms with E-state index >= 15 is 0 Å². The first-order valence-corrected chi connectivity index (χ1v) is 8.84. The number of hydrogen-bond donors (Lipinski definition) is 2. The molecular weight excluding hydrogens is 290 g/mol. The van der Waals surface area contributed by atoms with Gasteiger partial charge in [-0.05, 0) is 65.2 Å². The third kappa shape index (κ3) is 3.58. The molecule has 1 aliphatic carbocycles. The molecule has 0 aromatic carbocycles. The molecule has 0 radical (unpaired) electrons. The number of rotatable bonds is 4. The number of nitrogens with one attached hydrogen (secondary N) is 1. The Hall–Kier alpha value is -1.40. The van der Waals surface area contributed by atoms with Crippen molar-refractivity contribution in [3.05, 3.63) is 11.8 Å². The summed E-state index contributed by atoms with van der Waals surface area (Å²) >= 11 is 0. The predicted octanol–water partition coefficient (Wildman–Crippen LogP) is 1.77. The summed E-state index contributed by atoms with van der Waals surface area (Å²) in [6.45, 7) is 4.74. The molecule has 2 fully saturated rings. The maximum Gasteiger partial charge on any atom is 0.228 e. The van der Waals surface area contributed by atoms with Crippen LogP contribution in [0.4, 0.5) is 5.82 Å². The van der Waals surface area contributed by atoms with Crippen molar-refractivity contribution in [3.8, 4) is 0 Å². The molecule has 0 bridgehead atoms. The van der Waals surface area contributed by atoms with Gasteiger partial charge in [-0.3, -0.25) is 4.79 Å². The summed E-state index contributed by atoms with van der Waals surface area (Å²) in [5, 5.41) is 7.78. The van der Waals surface area contributed by atoms with E-state index in [0.29, 0.717) is 18.5 Å². The molecule has 0 unspecified atom stereocenters. The first-order chi connectivity index (χ1) is 11.1. The summed E-state index contributed by atoms with van der Waals surface area (Å²) in [4.78, 5) is 15.0. The number of likely N-dealkylation sites (tertiary alicyclic amines) is 1. The average molecular weight is 319 g/mol. The van der Waals surface area contributed by atoms with Gasteiger partial charge < -0.3 is 16.0 Å². The highest BCUT2D eigenvalue weighted by atomic mass is 16.2. The first-order valence-electron chi connectivity index (χ1n) is 8.84. The van der Waals surface area contributed by atoms with Crippen LogP contribution < -0.4 is 11.1 Å². The van der Waals surface area contributed by atoms with Gasteiger partial charge in [-0.15, -0.1) is 0 Å². The fourth-order valence-electron chi connectivity index (χ4n) is 4.01. The molecule has 1 amide bonds. The monoisotopic (exact) mass is 319 g/mol. The lowest BCUT2D eigenvalue weighted by atomic mass is 9.95. The number of amides is 1. The van der Waals surface area contributed by atoms with E-state index < -0.39 is 0 Å². The number of anilines is 1. The fourth-order valence-corrected chi connectivity index (χ4v) is 4.01. The Kier molecular flexibility index (Phi) is 5.02. The van der Waals surface area contributed by atoms with Crippen LogP contribution in [0.5, 0.6) is 0 Å². The van der Waals surface area contributed by atoms with Crippen molar-refractivity contribution in [1.29, 1.82) is 0 Å². The molecule has 2 aliphatic rings. The highest BCUT2D eigenvalue weighted by molar-refractivity contribution is 5.92. The van der Waals surface area contributed by atoms with Crippen LogP contribution in [0.2, 0.25) is 0 Å². The van der Waals surface area contributed by atoms with E-state index in [1.54, 1.807) is 0 Å². The van der Waals surface area contributed by atoms with Gasteiger partial charge in [0, 0.05) is 12.0 Å².